The van der Waals surface area contributed by atoms with Crippen LogP contribution in [-0.2, 0) is 13.0 Å². The van der Waals surface area contributed by atoms with Crippen molar-refractivity contribution in [2.45, 2.75) is 26.3 Å². The fraction of sp³-hybridized carbons (Fsp3) is 0.286. The Kier molecular flexibility index (Phi) is 4.16. The SMILES string of the molecule is CCc1nc(-c2ccccc2)n(CCC#N)c1Br. The van der Waals surface area contributed by atoms with E-state index in [-0.39, 0.29) is 0 Å². The molecular weight excluding hydrogens is 290 g/mol. The largest absolute Gasteiger partial charge is 0.317 e. The first-order chi connectivity index (χ1) is 8.77. The van der Waals surface area contributed by atoms with Crippen LogP contribution in [-0.4, -0.2) is 9.55 Å². The molecule has 3 nitrogen and oxygen atoms in total. The standard InChI is InChI=1S/C14H14BrN3/c1-2-12-13(15)18(10-6-9-16)14(17-12)11-7-4-3-5-8-11/h3-5,7-8H,2,6,10H2,1H3. The van der Waals surface area contributed by atoms with Crippen LogP contribution in [0.4, 0.5) is 0 Å². The normalized spacial score (nSPS) is 10.3. The zero-order valence-corrected chi connectivity index (χ0v) is 11.8. The Balaban J connectivity index is 2.49. The van der Waals surface area contributed by atoms with E-state index in [0.29, 0.717) is 13.0 Å². The Labute approximate surface area is 115 Å². The van der Waals surface area contributed by atoms with Crippen molar-refractivity contribution >= 4 is 15.9 Å². The van der Waals surface area contributed by atoms with Crippen LogP contribution in [0.1, 0.15) is 19.0 Å². The van der Waals surface area contributed by atoms with E-state index in [0.717, 1.165) is 28.1 Å². The van der Waals surface area contributed by atoms with Crippen molar-refractivity contribution in [2.24, 2.45) is 0 Å². The van der Waals surface area contributed by atoms with Gasteiger partial charge in [0.25, 0.3) is 0 Å². The van der Waals surface area contributed by atoms with Gasteiger partial charge in [-0.05, 0) is 22.4 Å². The van der Waals surface area contributed by atoms with Crippen LogP contribution < -0.4 is 0 Å². The molecule has 0 aliphatic heterocycles. The maximum atomic E-state index is 8.74. The summed E-state index contributed by atoms with van der Waals surface area (Å²) in [6.07, 6.45) is 1.36. The molecule has 0 fully saturated rings. The van der Waals surface area contributed by atoms with Crippen molar-refractivity contribution in [1.82, 2.24) is 9.55 Å². The van der Waals surface area contributed by atoms with Crippen molar-refractivity contribution in [1.29, 1.82) is 5.26 Å². The molecule has 0 aliphatic rings. The van der Waals surface area contributed by atoms with Gasteiger partial charge in [0, 0.05) is 12.1 Å². The monoisotopic (exact) mass is 303 g/mol. The fourth-order valence-corrected chi connectivity index (χ4v) is 2.60. The van der Waals surface area contributed by atoms with Gasteiger partial charge in [-0.2, -0.15) is 5.26 Å². The van der Waals surface area contributed by atoms with Crippen LogP contribution in [0.3, 0.4) is 0 Å². The molecular formula is C14H14BrN3. The highest BCUT2D eigenvalue weighted by atomic mass is 79.9. The third-order valence-electron chi connectivity index (χ3n) is 2.79. The minimum Gasteiger partial charge on any atom is -0.317 e. The molecule has 0 saturated heterocycles. The van der Waals surface area contributed by atoms with Crippen molar-refractivity contribution < 1.29 is 0 Å². The molecule has 0 saturated carbocycles. The topological polar surface area (TPSA) is 41.6 Å². The Bertz CT molecular complexity index is 567. The molecule has 0 amide bonds. The first-order valence-electron chi connectivity index (χ1n) is 5.95. The highest BCUT2D eigenvalue weighted by Crippen LogP contribution is 2.27. The fourth-order valence-electron chi connectivity index (χ4n) is 1.88. The van der Waals surface area contributed by atoms with Crippen LogP contribution in [0.25, 0.3) is 11.4 Å². The van der Waals surface area contributed by atoms with Gasteiger partial charge in [-0.1, -0.05) is 37.3 Å². The van der Waals surface area contributed by atoms with Gasteiger partial charge in [0.05, 0.1) is 18.2 Å². The van der Waals surface area contributed by atoms with E-state index in [9.17, 15) is 0 Å². The maximum absolute atomic E-state index is 8.74. The molecule has 4 heteroatoms. The van der Waals surface area contributed by atoms with Crippen LogP contribution >= 0.6 is 15.9 Å². The lowest BCUT2D eigenvalue weighted by Crippen LogP contribution is -2.00. The number of benzene rings is 1. The number of hydrogen-bond donors (Lipinski definition) is 0. The van der Waals surface area contributed by atoms with Crippen molar-refractivity contribution in [3.63, 3.8) is 0 Å². The molecule has 0 atom stereocenters. The average Bonchev–Trinajstić information content (AvgIpc) is 2.74. The summed E-state index contributed by atoms with van der Waals surface area (Å²) in [6, 6.07) is 12.2. The van der Waals surface area contributed by atoms with Gasteiger partial charge in [-0.3, -0.25) is 0 Å². The summed E-state index contributed by atoms with van der Waals surface area (Å²) >= 11 is 3.58. The van der Waals surface area contributed by atoms with E-state index < -0.39 is 0 Å². The van der Waals surface area contributed by atoms with Crippen molar-refractivity contribution in [2.75, 3.05) is 0 Å². The zero-order chi connectivity index (χ0) is 13.0. The Morgan fingerprint density at radius 3 is 2.67 bits per heavy atom. The lowest BCUT2D eigenvalue weighted by Gasteiger charge is -2.06. The number of hydrogen-bond acceptors (Lipinski definition) is 2. The summed E-state index contributed by atoms with van der Waals surface area (Å²) in [5.74, 6) is 0.926. The average molecular weight is 304 g/mol. The van der Waals surface area contributed by atoms with Crippen LogP contribution in [0.2, 0.25) is 0 Å². The third kappa shape index (κ3) is 2.46. The predicted molar refractivity (Wildman–Crippen MR) is 75.0 cm³/mol. The molecule has 2 aromatic rings. The summed E-state index contributed by atoms with van der Waals surface area (Å²) in [5.41, 5.74) is 2.11. The van der Waals surface area contributed by atoms with Crippen LogP contribution in [0, 0.1) is 11.3 Å². The molecule has 0 unspecified atom stereocenters. The maximum Gasteiger partial charge on any atom is 0.141 e. The van der Waals surface area contributed by atoms with Gasteiger partial charge < -0.3 is 4.57 Å². The molecule has 92 valence electrons. The highest BCUT2D eigenvalue weighted by molar-refractivity contribution is 9.10. The number of aromatic nitrogens is 2. The number of rotatable bonds is 4. The van der Waals surface area contributed by atoms with Gasteiger partial charge in [0.15, 0.2) is 0 Å². The summed E-state index contributed by atoms with van der Waals surface area (Å²) in [7, 11) is 0. The highest BCUT2D eigenvalue weighted by Gasteiger charge is 2.14. The number of aryl methyl sites for hydroxylation is 1. The van der Waals surface area contributed by atoms with E-state index in [4.69, 9.17) is 5.26 Å². The molecule has 1 aromatic heterocycles. The van der Waals surface area contributed by atoms with Gasteiger partial charge >= 0.3 is 0 Å². The molecule has 0 aliphatic carbocycles. The van der Waals surface area contributed by atoms with Gasteiger partial charge in [-0.25, -0.2) is 4.98 Å². The molecule has 1 aromatic carbocycles. The second-order valence-corrected chi connectivity index (χ2v) is 4.70. The van der Waals surface area contributed by atoms with Gasteiger partial charge in [0.1, 0.15) is 10.4 Å². The molecule has 0 radical (unpaired) electrons. The smallest absolute Gasteiger partial charge is 0.141 e. The van der Waals surface area contributed by atoms with Gasteiger partial charge in [-0.15, -0.1) is 0 Å². The van der Waals surface area contributed by atoms with E-state index in [2.05, 4.69) is 38.5 Å². The summed E-state index contributed by atoms with van der Waals surface area (Å²) in [4.78, 5) is 4.66. The molecule has 1 heterocycles. The van der Waals surface area contributed by atoms with E-state index in [1.165, 1.54) is 0 Å². The lowest BCUT2D eigenvalue weighted by molar-refractivity contribution is 0.707. The third-order valence-corrected chi connectivity index (χ3v) is 3.67. The summed E-state index contributed by atoms with van der Waals surface area (Å²) in [6.45, 7) is 2.74. The van der Waals surface area contributed by atoms with E-state index in [1.807, 2.05) is 30.3 Å². The number of nitriles is 1. The molecule has 0 N–H and O–H groups in total. The Hall–Kier alpha value is -1.60. The minimum absolute atomic E-state index is 0.484. The quantitative estimate of drug-likeness (QED) is 0.862. The summed E-state index contributed by atoms with van der Waals surface area (Å²) < 4.78 is 3.05. The first kappa shape index (κ1) is 12.8. The number of imidazole rings is 1. The second-order valence-electron chi connectivity index (χ2n) is 3.95. The molecule has 18 heavy (non-hydrogen) atoms. The van der Waals surface area contributed by atoms with Crippen molar-refractivity contribution in [3.8, 4) is 17.5 Å². The second kappa shape index (κ2) is 5.83. The number of halogens is 1. The van der Waals surface area contributed by atoms with E-state index in [1.54, 1.807) is 0 Å². The lowest BCUT2D eigenvalue weighted by atomic mass is 10.2. The molecule has 2 rings (SSSR count). The first-order valence-corrected chi connectivity index (χ1v) is 6.74. The Morgan fingerprint density at radius 1 is 1.33 bits per heavy atom. The Morgan fingerprint density at radius 2 is 2.06 bits per heavy atom. The molecule has 0 spiro atoms. The van der Waals surface area contributed by atoms with E-state index >= 15 is 0 Å². The van der Waals surface area contributed by atoms with Crippen molar-refractivity contribution in [3.05, 3.63) is 40.6 Å². The summed E-state index contributed by atoms with van der Waals surface area (Å²) in [5, 5.41) is 8.74. The zero-order valence-electron chi connectivity index (χ0n) is 10.2. The van der Waals surface area contributed by atoms with Crippen LogP contribution in [0.15, 0.2) is 34.9 Å². The number of nitrogens with zero attached hydrogens (tertiary/aromatic N) is 3. The van der Waals surface area contributed by atoms with Crippen LogP contribution in [0.5, 0.6) is 0 Å². The predicted octanol–water partition coefficient (Wildman–Crippen LogP) is 3.79. The molecule has 0 bridgehead atoms. The van der Waals surface area contributed by atoms with Gasteiger partial charge in [0.2, 0.25) is 0 Å². The minimum atomic E-state index is 0.484.